The second-order valence-electron chi connectivity index (χ2n) is 10.5. The number of alkyl halides is 3. The normalized spacial score (nSPS) is 30.9. The molecule has 0 aromatic heterocycles. The molecule has 4 rings (SSSR count). The third-order valence-corrected chi connectivity index (χ3v) is 10.0. The van der Waals surface area contributed by atoms with Crippen LogP contribution < -0.4 is 0 Å². The molecule has 1 aromatic carbocycles. The van der Waals surface area contributed by atoms with E-state index in [1.807, 2.05) is 18.2 Å². The maximum Gasteiger partial charge on any atom is 0.417 e. The van der Waals surface area contributed by atoms with Crippen molar-refractivity contribution >= 4 is 21.4 Å². The van der Waals surface area contributed by atoms with Gasteiger partial charge in [0.05, 0.1) is 11.5 Å². The lowest BCUT2D eigenvalue weighted by molar-refractivity contribution is -0.270. The van der Waals surface area contributed by atoms with Gasteiger partial charge in [-0.05, 0) is 74.1 Å². The summed E-state index contributed by atoms with van der Waals surface area (Å²) in [6.07, 6.45) is -2.88. The molecule has 1 saturated carbocycles. The summed E-state index contributed by atoms with van der Waals surface area (Å²) in [5.74, 6) is 0.948. The number of hydrogen-bond acceptors (Lipinski definition) is 4. The maximum absolute atomic E-state index is 13.0. The van der Waals surface area contributed by atoms with Crippen LogP contribution in [0.15, 0.2) is 18.2 Å². The summed E-state index contributed by atoms with van der Waals surface area (Å²) in [5.41, 5.74) is -0.653. The van der Waals surface area contributed by atoms with E-state index in [1.165, 1.54) is 0 Å². The van der Waals surface area contributed by atoms with Gasteiger partial charge in [-0.1, -0.05) is 30.7 Å². The van der Waals surface area contributed by atoms with Crippen molar-refractivity contribution in [3.63, 3.8) is 0 Å². The highest BCUT2D eigenvalue weighted by Crippen LogP contribution is 2.47. The van der Waals surface area contributed by atoms with Crippen LogP contribution in [-0.4, -0.2) is 61.3 Å². The minimum Gasteiger partial charge on any atom is -0.380 e. The minimum atomic E-state index is -4.59. The molecule has 3 aliphatic rings. The first-order chi connectivity index (χ1) is 14.8. The van der Waals surface area contributed by atoms with E-state index in [0.717, 1.165) is 43.6 Å². The van der Waals surface area contributed by atoms with Crippen LogP contribution in [0.25, 0.3) is 0 Å². The molecule has 1 spiro atoms. The summed E-state index contributed by atoms with van der Waals surface area (Å²) in [4.78, 5) is 2.36. The fraction of sp³-hybridized carbons (Fsp3) is 0.739. The Morgan fingerprint density at radius 1 is 1.22 bits per heavy atom. The predicted octanol–water partition coefficient (Wildman–Crippen LogP) is 4.59. The number of nitrogens with zero attached hydrogens (tertiary/aromatic N) is 1. The van der Waals surface area contributed by atoms with Gasteiger partial charge in [0.25, 0.3) is 0 Å². The Hall–Kier alpha value is -0.830. The molecule has 1 aromatic rings. The van der Waals surface area contributed by atoms with Crippen molar-refractivity contribution in [1.82, 2.24) is 4.90 Å². The number of likely N-dealkylation sites (tertiary alicyclic amines) is 1. The lowest BCUT2D eigenvalue weighted by Gasteiger charge is -2.37. The SMILES string of the molecule is C[C@H](Cc1ccc(C2CCC(O)(C(F)(F)F)CC2)c(Cl)c1)CN1CCC2(C1)CS(=O)(=O)C2. The lowest BCUT2D eigenvalue weighted by Crippen LogP contribution is -2.50. The molecule has 2 heterocycles. The lowest BCUT2D eigenvalue weighted by atomic mass is 9.75. The van der Waals surface area contributed by atoms with E-state index in [9.17, 15) is 26.7 Å². The molecule has 0 bridgehead atoms. The molecule has 1 aliphatic carbocycles. The monoisotopic (exact) mass is 493 g/mol. The zero-order valence-corrected chi connectivity index (χ0v) is 19.9. The summed E-state index contributed by atoms with van der Waals surface area (Å²) >= 11 is 6.52. The molecule has 9 heteroatoms. The third-order valence-electron chi connectivity index (χ3n) is 7.57. The fourth-order valence-electron chi connectivity index (χ4n) is 5.94. The number of sulfone groups is 1. The van der Waals surface area contributed by atoms with Crippen molar-refractivity contribution in [2.24, 2.45) is 11.3 Å². The van der Waals surface area contributed by atoms with Crippen LogP contribution in [0.1, 0.15) is 56.1 Å². The molecule has 1 N–H and O–H groups in total. The Morgan fingerprint density at radius 2 is 1.88 bits per heavy atom. The van der Waals surface area contributed by atoms with E-state index in [1.54, 1.807) is 0 Å². The first kappa shape index (κ1) is 24.3. The predicted molar refractivity (Wildman–Crippen MR) is 119 cm³/mol. The standard InChI is InChI=1S/C23H31ClF3NO3S/c1-16(12-28-9-8-21(13-28)14-32(30,31)15-21)10-17-2-3-19(20(24)11-17)18-4-6-22(29,7-5-18)23(25,26)27/h2-3,11,16,18,29H,4-10,12-15H2,1H3/t16-,18?,22?/m1/s1. The summed E-state index contributed by atoms with van der Waals surface area (Å²) < 4.78 is 62.3. The molecule has 32 heavy (non-hydrogen) atoms. The molecule has 0 amide bonds. The summed E-state index contributed by atoms with van der Waals surface area (Å²) in [7, 11) is -2.82. The second kappa shape index (κ2) is 8.43. The van der Waals surface area contributed by atoms with E-state index < -0.39 is 21.6 Å². The smallest absolute Gasteiger partial charge is 0.380 e. The van der Waals surface area contributed by atoms with E-state index in [0.29, 0.717) is 22.4 Å². The zero-order valence-electron chi connectivity index (χ0n) is 18.3. The quantitative estimate of drug-likeness (QED) is 0.651. The molecule has 2 saturated heterocycles. The minimum absolute atomic E-state index is 0.0260. The molecular weight excluding hydrogens is 463 g/mol. The highest BCUT2D eigenvalue weighted by atomic mass is 35.5. The zero-order chi connectivity index (χ0) is 23.4. The second-order valence-corrected chi connectivity index (χ2v) is 13.0. The first-order valence-electron chi connectivity index (χ1n) is 11.3. The third kappa shape index (κ3) is 4.98. The van der Waals surface area contributed by atoms with E-state index in [-0.39, 0.29) is 37.0 Å². The van der Waals surface area contributed by atoms with Crippen LogP contribution in [0.5, 0.6) is 0 Å². The molecule has 0 radical (unpaired) electrons. The largest absolute Gasteiger partial charge is 0.417 e. The van der Waals surface area contributed by atoms with Gasteiger partial charge in [0.2, 0.25) is 0 Å². The van der Waals surface area contributed by atoms with Crippen molar-refractivity contribution in [2.75, 3.05) is 31.1 Å². The molecule has 0 unspecified atom stereocenters. The van der Waals surface area contributed by atoms with Crippen LogP contribution in [0.4, 0.5) is 13.2 Å². The topological polar surface area (TPSA) is 57.6 Å². The molecule has 4 nitrogen and oxygen atoms in total. The van der Waals surface area contributed by atoms with Crippen LogP contribution in [0.2, 0.25) is 5.02 Å². The van der Waals surface area contributed by atoms with Crippen LogP contribution in [0.3, 0.4) is 0 Å². The van der Waals surface area contributed by atoms with Crippen molar-refractivity contribution in [1.29, 1.82) is 0 Å². The Labute approximate surface area is 193 Å². The summed E-state index contributed by atoms with van der Waals surface area (Å²) in [5, 5.41) is 10.5. The van der Waals surface area contributed by atoms with Gasteiger partial charge in [0.1, 0.15) is 0 Å². The number of aliphatic hydroxyl groups is 1. The first-order valence-corrected chi connectivity index (χ1v) is 13.5. The number of benzene rings is 1. The number of hydrogen-bond donors (Lipinski definition) is 1. The van der Waals surface area contributed by atoms with Crippen molar-refractivity contribution in [3.8, 4) is 0 Å². The van der Waals surface area contributed by atoms with Gasteiger partial charge in [-0.15, -0.1) is 0 Å². The number of halogens is 4. The van der Waals surface area contributed by atoms with Gasteiger partial charge < -0.3 is 10.0 Å². The summed E-state index contributed by atoms with van der Waals surface area (Å²) in [6, 6.07) is 5.85. The van der Waals surface area contributed by atoms with Crippen molar-refractivity contribution in [2.45, 2.75) is 63.1 Å². The Morgan fingerprint density at radius 3 is 2.44 bits per heavy atom. The van der Waals surface area contributed by atoms with Crippen LogP contribution in [-0.2, 0) is 16.3 Å². The van der Waals surface area contributed by atoms with Gasteiger partial charge >= 0.3 is 6.18 Å². The Kier molecular flexibility index (Phi) is 6.40. The van der Waals surface area contributed by atoms with Gasteiger partial charge in [0.15, 0.2) is 15.4 Å². The molecule has 1 atom stereocenters. The molecular formula is C23H31ClF3NO3S. The molecule has 2 aliphatic heterocycles. The fourth-order valence-corrected chi connectivity index (χ4v) is 8.55. The van der Waals surface area contributed by atoms with Crippen LogP contribution >= 0.6 is 11.6 Å². The maximum atomic E-state index is 13.0. The Bertz CT molecular complexity index is 946. The van der Waals surface area contributed by atoms with Gasteiger partial charge in [0, 0.05) is 23.5 Å². The highest BCUT2D eigenvalue weighted by Gasteiger charge is 2.55. The number of rotatable bonds is 5. The average Bonchev–Trinajstić information content (AvgIpc) is 3.03. The Balaban J connectivity index is 1.30. The van der Waals surface area contributed by atoms with E-state index in [2.05, 4.69) is 11.8 Å². The van der Waals surface area contributed by atoms with Crippen LogP contribution in [0, 0.1) is 11.3 Å². The van der Waals surface area contributed by atoms with E-state index >= 15 is 0 Å². The van der Waals surface area contributed by atoms with Crippen molar-refractivity contribution < 1.29 is 26.7 Å². The summed E-state index contributed by atoms with van der Waals surface area (Å²) in [6.45, 7) is 4.86. The average molecular weight is 494 g/mol. The molecule has 3 fully saturated rings. The highest BCUT2D eigenvalue weighted by molar-refractivity contribution is 7.92. The van der Waals surface area contributed by atoms with Gasteiger partial charge in [-0.25, -0.2) is 8.42 Å². The van der Waals surface area contributed by atoms with E-state index in [4.69, 9.17) is 11.6 Å². The van der Waals surface area contributed by atoms with Crippen molar-refractivity contribution in [3.05, 3.63) is 34.3 Å². The van der Waals surface area contributed by atoms with Gasteiger partial charge in [-0.2, -0.15) is 13.2 Å². The van der Waals surface area contributed by atoms with Gasteiger partial charge in [-0.3, -0.25) is 0 Å². The molecule has 180 valence electrons.